The smallest absolute Gasteiger partial charge is 0.306 e. The van der Waals surface area contributed by atoms with Crippen LogP contribution in [0.4, 0.5) is 0 Å². The van der Waals surface area contributed by atoms with Gasteiger partial charge in [-0.25, -0.2) is 0 Å². The van der Waals surface area contributed by atoms with Gasteiger partial charge < -0.3 is 14.6 Å². The van der Waals surface area contributed by atoms with Gasteiger partial charge in [-0.05, 0) is 77.0 Å². The van der Waals surface area contributed by atoms with Crippen LogP contribution in [-0.4, -0.2) is 36.4 Å². The van der Waals surface area contributed by atoms with Crippen LogP contribution >= 0.6 is 0 Å². The minimum absolute atomic E-state index is 0.0659. The van der Waals surface area contributed by atoms with E-state index in [4.69, 9.17) is 9.47 Å². The van der Waals surface area contributed by atoms with E-state index in [-0.39, 0.29) is 25.2 Å². The van der Waals surface area contributed by atoms with Crippen molar-refractivity contribution in [1.82, 2.24) is 0 Å². The Hall–Kier alpha value is -2.40. The van der Waals surface area contributed by atoms with Crippen molar-refractivity contribution in [3.8, 4) is 0 Å². The van der Waals surface area contributed by atoms with Crippen LogP contribution in [0.25, 0.3) is 0 Å². The Bertz CT molecular complexity index is 1090. The molecule has 0 aliphatic rings. The second-order valence-electron chi connectivity index (χ2n) is 18.3. The van der Waals surface area contributed by atoms with Crippen LogP contribution in [0.1, 0.15) is 277 Å². The van der Waals surface area contributed by atoms with Crippen LogP contribution < -0.4 is 0 Å². The lowest BCUT2D eigenvalue weighted by Gasteiger charge is -2.15. The molecule has 0 amide bonds. The van der Waals surface area contributed by atoms with Crippen LogP contribution in [0.2, 0.25) is 0 Å². The summed E-state index contributed by atoms with van der Waals surface area (Å²) in [5, 5.41) is 9.64. The van der Waals surface area contributed by atoms with Gasteiger partial charge in [0, 0.05) is 12.8 Å². The fourth-order valence-electron chi connectivity index (χ4n) is 7.95. The molecule has 0 rings (SSSR count). The molecular formula is C58H104O5. The highest BCUT2D eigenvalue weighted by atomic mass is 16.6. The summed E-state index contributed by atoms with van der Waals surface area (Å²) in [6.07, 6.45) is 71.9. The number of esters is 2. The number of allylic oxidation sites excluding steroid dienone is 10. The topological polar surface area (TPSA) is 72.8 Å². The van der Waals surface area contributed by atoms with Gasteiger partial charge in [0.2, 0.25) is 0 Å². The lowest BCUT2D eigenvalue weighted by atomic mass is 10.0. The summed E-state index contributed by atoms with van der Waals surface area (Å²) < 4.78 is 10.7. The molecule has 0 radical (unpaired) electrons. The monoisotopic (exact) mass is 881 g/mol. The molecule has 63 heavy (non-hydrogen) atoms. The van der Waals surface area contributed by atoms with Crippen LogP contribution in [0, 0.1) is 0 Å². The Kier molecular flexibility index (Phi) is 51.9. The van der Waals surface area contributed by atoms with E-state index < -0.39 is 6.10 Å². The van der Waals surface area contributed by atoms with Gasteiger partial charge in [0.25, 0.3) is 0 Å². The third-order valence-corrected chi connectivity index (χ3v) is 12.0. The van der Waals surface area contributed by atoms with Gasteiger partial charge in [0.1, 0.15) is 6.61 Å². The van der Waals surface area contributed by atoms with Crippen molar-refractivity contribution in [2.45, 2.75) is 283 Å². The van der Waals surface area contributed by atoms with Crippen molar-refractivity contribution in [1.29, 1.82) is 0 Å². The van der Waals surface area contributed by atoms with E-state index in [0.717, 1.165) is 64.2 Å². The molecule has 0 heterocycles. The van der Waals surface area contributed by atoms with Crippen molar-refractivity contribution in [2.24, 2.45) is 0 Å². The van der Waals surface area contributed by atoms with Crippen molar-refractivity contribution < 1.29 is 24.2 Å². The number of unbranched alkanes of at least 4 members (excludes halogenated alkanes) is 32. The fraction of sp³-hybridized carbons (Fsp3) is 0.793. The molecule has 5 nitrogen and oxygen atoms in total. The number of ether oxygens (including phenoxy) is 2. The molecule has 0 aliphatic carbocycles. The lowest BCUT2D eigenvalue weighted by molar-refractivity contribution is -0.161. The fourth-order valence-corrected chi connectivity index (χ4v) is 7.95. The molecule has 0 fully saturated rings. The Morgan fingerprint density at radius 2 is 0.683 bits per heavy atom. The third-order valence-electron chi connectivity index (χ3n) is 12.0. The molecular weight excluding hydrogens is 777 g/mol. The number of carbonyl (C=O) groups is 2. The van der Waals surface area contributed by atoms with Crippen LogP contribution in [0.3, 0.4) is 0 Å². The normalized spacial score (nSPS) is 12.6. The molecule has 0 bridgehead atoms. The number of hydrogen-bond donors (Lipinski definition) is 1. The van der Waals surface area contributed by atoms with Gasteiger partial charge >= 0.3 is 11.9 Å². The molecule has 0 aliphatic heterocycles. The van der Waals surface area contributed by atoms with E-state index in [1.807, 2.05) is 0 Å². The molecule has 0 aromatic carbocycles. The Labute approximate surface area is 391 Å². The van der Waals surface area contributed by atoms with E-state index in [2.05, 4.69) is 74.6 Å². The molecule has 0 aromatic heterocycles. The van der Waals surface area contributed by atoms with E-state index in [1.54, 1.807) is 0 Å². The first-order chi connectivity index (χ1) is 31.1. The highest BCUT2D eigenvalue weighted by Crippen LogP contribution is 2.16. The maximum atomic E-state index is 12.3. The average molecular weight is 881 g/mol. The first kappa shape index (κ1) is 60.6. The van der Waals surface area contributed by atoms with Gasteiger partial charge in [0.15, 0.2) is 6.10 Å². The van der Waals surface area contributed by atoms with Gasteiger partial charge in [-0.15, -0.1) is 0 Å². The SMILES string of the molecule is CC/C=C\C/C=C\C/C=C\C/C=C\CCCCCCCCCCCCCCCCCCCCC(=O)OC(CO)COC(=O)CCCCCCCCC/C=C\CCCCCCCCC. The van der Waals surface area contributed by atoms with Crippen molar-refractivity contribution in [3.05, 3.63) is 60.8 Å². The Morgan fingerprint density at radius 3 is 1.05 bits per heavy atom. The van der Waals surface area contributed by atoms with Gasteiger partial charge in [-0.2, -0.15) is 0 Å². The predicted octanol–water partition coefficient (Wildman–Crippen LogP) is 18.2. The quantitative estimate of drug-likeness (QED) is 0.0374. The highest BCUT2D eigenvalue weighted by molar-refractivity contribution is 5.70. The molecule has 1 unspecified atom stereocenters. The number of aliphatic hydroxyl groups is 1. The van der Waals surface area contributed by atoms with E-state index >= 15 is 0 Å². The average Bonchev–Trinajstić information content (AvgIpc) is 3.29. The Morgan fingerprint density at radius 1 is 0.381 bits per heavy atom. The second kappa shape index (κ2) is 53.9. The zero-order chi connectivity index (χ0) is 45.6. The summed E-state index contributed by atoms with van der Waals surface area (Å²) in [6.45, 7) is 4.05. The largest absolute Gasteiger partial charge is 0.462 e. The predicted molar refractivity (Wildman–Crippen MR) is 274 cm³/mol. The molecule has 1 atom stereocenters. The van der Waals surface area contributed by atoms with Gasteiger partial charge in [-0.3, -0.25) is 9.59 Å². The van der Waals surface area contributed by atoms with Gasteiger partial charge in [-0.1, -0.05) is 248 Å². The summed E-state index contributed by atoms with van der Waals surface area (Å²) in [4.78, 5) is 24.5. The second-order valence-corrected chi connectivity index (χ2v) is 18.3. The van der Waals surface area contributed by atoms with Crippen LogP contribution in [-0.2, 0) is 19.1 Å². The first-order valence-electron chi connectivity index (χ1n) is 27.3. The minimum Gasteiger partial charge on any atom is -0.462 e. The molecule has 0 saturated heterocycles. The standard InChI is InChI=1S/C58H104O5/c1-3-5-7-9-11-13-15-17-19-21-23-24-25-26-27-28-29-30-31-32-33-34-35-37-39-41-43-45-47-49-51-53-58(61)63-56(54-59)55-62-57(60)52-50-48-46-44-42-40-38-36-22-20-18-16-14-12-10-8-6-4-2/h5,7,11,13,17,19-20,22-24,56,59H,3-4,6,8-10,12,14-16,18,21,25-55H2,1-2H3/b7-5-,13-11-,19-17-,22-20-,24-23-. The summed E-state index contributed by atoms with van der Waals surface area (Å²) in [7, 11) is 0. The van der Waals surface area contributed by atoms with Crippen LogP contribution in [0.5, 0.6) is 0 Å². The third kappa shape index (κ3) is 52.1. The first-order valence-corrected chi connectivity index (χ1v) is 27.3. The van der Waals surface area contributed by atoms with Crippen molar-refractivity contribution in [3.63, 3.8) is 0 Å². The van der Waals surface area contributed by atoms with Gasteiger partial charge in [0.05, 0.1) is 6.61 Å². The van der Waals surface area contributed by atoms with Crippen LogP contribution in [0.15, 0.2) is 60.8 Å². The molecule has 0 aromatic rings. The number of aliphatic hydroxyl groups excluding tert-OH is 1. The van der Waals surface area contributed by atoms with E-state index in [1.165, 1.54) is 186 Å². The maximum absolute atomic E-state index is 12.3. The summed E-state index contributed by atoms with van der Waals surface area (Å²) in [5.41, 5.74) is 0. The summed E-state index contributed by atoms with van der Waals surface area (Å²) in [5.74, 6) is -0.585. The van der Waals surface area contributed by atoms with E-state index in [9.17, 15) is 14.7 Å². The highest BCUT2D eigenvalue weighted by Gasteiger charge is 2.16. The molecule has 0 saturated carbocycles. The summed E-state index contributed by atoms with van der Waals surface area (Å²) >= 11 is 0. The van der Waals surface area contributed by atoms with Crippen molar-refractivity contribution >= 4 is 11.9 Å². The van der Waals surface area contributed by atoms with Crippen molar-refractivity contribution in [2.75, 3.05) is 13.2 Å². The molecule has 366 valence electrons. The molecule has 5 heteroatoms. The molecule has 0 spiro atoms. The molecule has 1 N–H and O–H groups in total. The minimum atomic E-state index is -0.773. The summed E-state index contributed by atoms with van der Waals surface area (Å²) in [6, 6.07) is 0. The zero-order valence-corrected chi connectivity index (χ0v) is 41.8. The maximum Gasteiger partial charge on any atom is 0.306 e. The number of carbonyl (C=O) groups excluding carboxylic acids is 2. The number of hydrogen-bond acceptors (Lipinski definition) is 5. The lowest BCUT2D eigenvalue weighted by Crippen LogP contribution is -2.28. The van der Waals surface area contributed by atoms with E-state index in [0.29, 0.717) is 12.8 Å². The Balaban J connectivity index is 3.45. The zero-order valence-electron chi connectivity index (χ0n) is 41.8. The number of rotatable bonds is 50.